The van der Waals surface area contributed by atoms with Crippen LogP contribution in [-0.4, -0.2) is 17.6 Å². The van der Waals surface area contributed by atoms with Crippen molar-refractivity contribution in [2.45, 2.75) is 61.6 Å². The Morgan fingerprint density at radius 1 is 1.45 bits per heavy atom. The normalized spacial score (nSPS) is 21.4. The van der Waals surface area contributed by atoms with Gasteiger partial charge in [0.2, 0.25) is 0 Å². The van der Waals surface area contributed by atoms with Crippen LogP contribution >= 0.6 is 11.3 Å². The SMILES string of the molecule is CC(C)(C)[Si](C)(C)N=S(N)(=O)c1cc(C2(O)CC2)cs1. The van der Waals surface area contributed by atoms with Crippen molar-refractivity contribution in [2.24, 2.45) is 9.17 Å². The topological polar surface area (TPSA) is 75.7 Å². The van der Waals surface area contributed by atoms with Crippen LogP contribution in [0.15, 0.2) is 19.7 Å². The van der Waals surface area contributed by atoms with E-state index in [4.69, 9.17) is 5.14 Å². The third-order valence-electron chi connectivity index (χ3n) is 4.32. The van der Waals surface area contributed by atoms with E-state index in [0.717, 1.165) is 18.4 Å². The molecule has 1 heterocycles. The van der Waals surface area contributed by atoms with E-state index in [9.17, 15) is 9.32 Å². The van der Waals surface area contributed by atoms with E-state index in [1.165, 1.54) is 11.3 Å². The van der Waals surface area contributed by atoms with Gasteiger partial charge in [0.15, 0.2) is 8.24 Å². The zero-order valence-electron chi connectivity index (χ0n) is 12.8. The quantitative estimate of drug-likeness (QED) is 0.832. The molecular formula is C13H24N2O2S2Si. The fraction of sp³-hybridized carbons (Fsp3) is 0.692. The van der Waals surface area contributed by atoms with E-state index in [0.29, 0.717) is 4.21 Å². The van der Waals surface area contributed by atoms with Crippen molar-refractivity contribution in [2.75, 3.05) is 0 Å². The molecule has 1 saturated carbocycles. The molecule has 0 aliphatic heterocycles. The van der Waals surface area contributed by atoms with Gasteiger partial charge in [0.1, 0.15) is 14.1 Å². The summed E-state index contributed by atoms with van der Waals surface area (Å²) >= 11 is 1.34. The summed E-state index contributed by atoms with van der Waals surface area (Å²) in [5.74, 6) is 0. The predicted octanol–water partition coefficient (Wildman–Crippen LogP) is 3.44. The van der Waals surface area contributed by atoms with Crippen molar-refractivity contribution in [1.82, 2.24) is 0 Å². The van der Waals surface area contributed by atoms with E-state index in [1.807, 2.05) is 5.38 Å². The fourth-order valence-electron chi connectivity index (χ4n) is 1.64. The molecule has 1 aliphatic rings. The molecule has 1 unspecified atom stereocenters. The van der Waals surface area contributed by atoms with Gasteiger partial charge >= 0.3 is 0 Å². The number of hydrogen-bond acceptors (Lipinski definition) is 4. The maximum Gasteiger partial charge on any atom is 0.195 e. The Balaban J connectivity index is 2.40. The Bertz CT molecular complexity index is 633. The largest absolute Gasteiger partial charge is 0.385 e. The molecule has 1 fully saturated rings. The Morgan fingerprint density at radius 2 is 2.00 bits per heavy atom. The lowest BCUT2D eigenvalue weighted by Crippen LogP contribution is -2.37. The number of nitrogens with zero attached hydrogens (tertiary/aromatic N) is 1. The van der Waals surface area contributed by atoms with E-state index in [-0.39, 0.29) is 5.04 Å². The summed E-state index contributed by atoms with van der Waals surface area (Å²) in [4.78, 5) is 0. The lowest BCUT2D eigenvalue weighted by molar-refractivity contribution is 0.152. The summed E-state index contributed by atoms with van der Waals surface area (Å²) in [5.41, 5.74) is 0.127. The molecule has 1 aliphatic carbocycles. The molecule has 3 N–H and O–H groups in total. The summed E-state index contributed by atoms with van der Waals surface area (Å²) in [6, 6.07) is 1.77. The molecule has 0 amide bonds. The van der Waals surface area contributed by atoms with Crippen LogP contribution in [0.3, 0.4) is 0 Å². The summed E-state index contributed by atoms with van der Waals surface area (Å²) < 4.78 is 17.9. The smallest absolute Gasteiger partial charge is 0.195 e. The van der Waals surface area contributed by atoms with Gasteiger partial charge in [-0.3, -0.25) is 4.03 Å². The van der Waals surface area contributed by atoms with Crippen molar-refractivity contribution in [3.05, 3.63) is 17.0 Å². The van der Waals surface area contributed by atoms with Crippen LogP contribution in [0.4, 0.5) is 0 Å². The van der Waals surface area contributed by atoms with Gasteiger partial charge in [-0.1, -0.05) is 20.8 Å². The van der Waals surface area contributed by atoms with Crippen molar-refractivity contribution >= 4 is 29.5 Å². The molecule has 0 spiro atoms. The van der Waals surface area contributed by atoms with Crippen molar-refractivity contribution in [1.29, 1.82) is 0 Å². The van der Waals surface area contributed by atoms with Crippen molar-refractivity contribution in [3.63, 3.8) is 0 Å². The van der Waals surface area contributed by atoms with Gasteiger partial charge in [0, 0.05) is 0 Å². The molecule has 0 bridgehead atoms. The third kappa shape index (κ3) is 3.01. The Kier molecular flexibility index (Phi) is 3.75. The van der Waals surface area contributed by atoms with Crippen molar-refractivity contribution in [3.8, 4) is 0 Å². The number of rotatable bonds is 3. The monoisotopic (exact) mass is 332 g/mol. The number of thiophene rings is 1. The second-order valence-electron chi connectivity index (χ2n) is 7.15. The molecule has 7 heteroatoms. The molecule has 1 aromatic heterocycles. The lowest BCUT2D eigenvalue weighted by Gasteiger charge is -2.32. The molecular weight excluding hydrogens is 308 g/mol. The van der Waals surface area contributed by atoms with E-state index < -0.39 is 23.8 Å². The summed E-state index contributed by atoms with van der Waals surface area (Å²) in [6.45, 7) is 10.5. The highest BCUT2D eigenvalue weighted by atomic mass is 32.2. The highest BCUT2D eigenvalue weighted by Gasteiger charge is 2.43. The zero-order chi connectivity index (χ0) is 15.4. The molecule has 0 aromatic carbocycles. The highest BCUT2D eigenvalue weighted by molar-refractivity contribution is 7.94. The Hall–Kier alpha value is -0.213. The van der Waals surface area contributed by atoms with Crippen LogP contribution in [0.25, 0.3) is 0 Å². The van der Waals surface area contributed by atoms with Gasteiger partial charge in [-0.2, -0.15) is 0 Å². The minimum absolute atomic E-state index is 0.00378. The molecule has 20 heavy (non-hydrogen) atoms. The summed E-state index contributed by atoms with van der Waals surface area (Å²) in [7, 11) is -4.94. The van der Waals surface area contributed by atoms with E-state index >= 15 is 0 Å². The van der Waals surface area contributed by atoms with Crippen LogP contribution in [0.2, 0.25) is 18.1 Å². The Morgan fingerprint density at radius 3 is 2.45 bits per heavy atom. The minimum Gasteiger partial charge on any atom is -0.385 e. The van der Waals surface area contributed by atoms with Crippen LogP contribution in [0, 0.1) is 0 Å². The van der Waals surface area contributed by atoms with Gasteiger partial charge in [-0.05, 0) is 48.0 Å². The molecule has 0 saturated heterocycles. The number of nitrogens with two attached hydrogens (primary N) is 1. The van der Waals surface area contributed by atoms with Crippen LogP contribution < -0.4 is 5.14 Å². The number of hydrogen-bond donors (Lipinski definition) is 2. The molecule has 4 nitrogen and oxygen atoms in total. The van der Waals surface area contributed by atoms with Gasteiger partial charge in [0.25, 0.3) is 0 Å². The lowest BCUT2D eigenvalue weighted by atomic mass is 10.2. The Labute approximate surface area is 126 Å². The summed E-state index contributed by atoms with van der Waals surface area (Å²) in [5, 5.41) is 18.0. The average molecular weight is 333 g/mol. The molecule has 1 aromatic rings. The highest BCUT2D eigenvalue weighted by Crippen LogP contribution is 2.47. The van der Waals surface area contributed by atoms with Gasteiger partial charge in [-0.15, -0.1) is 11.3 Å². The molecule has 2 rings (SSSR count). The third-order valence-corrected chi connectivity index (χ3v) is 13.3. The van der Waals surface area contributed by atoms with Crippen LogP contribution in [-0.2, 0) is 15.5 Å². The van der Waals surface area contributed by atoms with Gasteiger partial charge in [0.05, 0.1) is 5.60 Å². The number of aliphatic hydroxyl groups is 1. The second kappa shape index (κ2) is 4.64. The van der Waals surface area contributed by atoms with Crippen LogP contribution in [0.1, 0.15) is 39.2 Å². The van der Waals surface area contributed by atoms with E-state index in [1.54, 1.807) is 6.07 Å². The molecule has 0 radical (unpaired) electrons. The maximum absolute atomic E-state index is 12.8. The summed E-state index contributed by atoms with van der Waals surface area (Å²) in [6.07, 6.45) is 1.54. The average Bonchev–Trinajstić information content (AvgIpc) is 2.79. The molecule has 114 valence electrons. The minimum atomic E-state index is -2.87. The standard InChI is InChI=1S/C13H24N2O2S2Si/c1-12(2,3)20(4,5)15-19(14,17)11-8-10(9-18-11)13(16)6-7-13/h8-9,16H,6-7H2,1-5H3,(H2,14,15,17). The predicted molar refractivity (Wildman–Crippen MR) is 87.7 cm³/mol. The maximum atomic E-state index is 12.8. The molecule has 1 atom stereocenters. The first-order valence-corrected chi connectivity index (χ1v) is 12.2. The van der Waals surface area contributed by atoms with E-state index in [2.05, 4.69) is 37.9 Å². The van der Waals surface area contributed by atoms with Gasteiger partial charge in [-0.25, -0.2) is 9.35 Å². The van der Waals surface area contributed by atoms with Crippen molar-refractivity contribution < 1.29 is 9.32 Å². The van der Waals surface area contributed by atoms with Crippen LogP contribution in [0.5, 0.6) is 0 Å². The second-order valence-corrected chi connectivity index (χ2v) is 15.3. The first-order valence-electron chi connectivity index (χ1n) is 6.75. The first kappa shape index (κ1) is 16.2. The first-order chi connectivity index (χ1) is 8.87. The van der Waals surface area contributed by atoms with Gasteiger partial charge < -0.3 is 5.11 Å². The fourth-order valence-corrected chi connectivity index (χ4v) is 7.86. The zero-order valence-corrected chi connectivity index (χ0v) is 15.4.